The molecular formula is C25H34F2N2O2S. The zero-order valence-electron chi connectivity index (χ0n) is 19.1. The number of rotatable bonds is 9. The maximum absolute atomic E-state index is 13.5. The second kappa shape index (κ2) is 11.5. The molecule has 0 aliphatic carbocycles. The Labute approximate surface area is 192 Å². The van der Waals surface area contributed by atoms with Crippen LogP contribution in [0.1, 0.15) is 37.1 Å². The van der Waals surface area contributed by atoms with E-state index in [9.17, 15) is 18.1 Å². The number of hydrogen-bond donors (Lipinski definition) is 1. The molecule has 3 rings (SSSR count). The van der Waals surface area contributed by atoms with Gasteiger partial charge in [0.15, 0.2) is 0 Å². The van der Waals surface area contributed by atoms with E-state index in [-0.39, 0.29) is 24.2 Å². The summed E-state index contributed by atoms with van der Waals surface area (Å²) in [5.41, 5.74) is 1.53. The summed E-state index contributed by atoms with van der Waals surface area (Å²) in [6, 6.07) is 12.8. The van der Waals surface area contributed by atoms with Crippen molar-refractivity contribution < 1.29 is 18.1 Å². The minimum atomic E-state index is -1.25. The summed E-state index contributed by atoms with van der Waals surface area (Å²) >= 11 is 0. The lowest BCUT2D eigenvalue weighted by Crippen LogP contribution is -2.58. The van der Waals surface area contributed by atoms with Gasteiger partial charge in [-0.1, -0.05) is 31.2 Å². The normalized spacial score (nSPS) is 22.2. The summed E-state index contributed by atoms with van der Waals surface area (Å²) in [5, 5.41) is 8.96. The molecule has 4 nitrogen and oxygen atoms in total. The zero-order valence-corrected chi connectivity index (χ0v) is 19.9. The molecule has 1 saturated heterocycles. The van der Waals surface area contributed by atoms with Gasteiger partial charge in [0, 0.05) is 61.4 Å². The highest BCUT2D eigenvalue weighted by Gasteiger charge is 2.31. The smallest absolute Gasteiger partial charge is 0.123 e. The van der Waals surface area contributed by atoms with Gasteiger partial charge in [0.05, 0.1) is 5.25 Å². The van der Waals surface area contributed by atoms with Gasteiger partial charge in [-0.15, -0.1) is 0 Å². The van der Waals surface area contributed by atoms with Crippen molar-refractivity contribution in [2.24, 2.45) is 5.92 Å². The molecular weight excluding hydrogens is 430 g/mol. The molecule has 0 bridgehead atoms. The predicted molar refractivity (Wildman–Crippen MR) is 126 cm³/mol. The second-order valence-electron chi connectivity index (χ2n) is 9.01. The first-order valence-corrected chi connectivity index (χ1v) is 12.6. The van der Waals surface area contributed by atoms with E-state index in [2.05, 4.69) is 30.6 Å². The van der Waals surface area contributed by atoms with Gasteiger partial charge in [0.2, 0.25) is 0 Å². The number of halogens is 2. The molecule has 0 aromatic heterocycles. The maximum Gasteiger partial charge on any atom is 0.123 e. The van der Waals surface area contributed by atoms with E-state index in [1.807, 2.05) is 0 Å². The zero-order chi connectivity index (χ0) is 23.3. The van der Waals surface area contributed by atoms with Gasteiger partial charge in [-0.3, -0.25) is 14.0 Å². The quantitative estimate of drug-likeness (QED) is 0.613. The monoisotopic (exact) mass is 464 g/mol. The lowest BCUT2D eigenvalue weighted by molar-refractivity contribution is 0.0252. The third kappa shape index (κ3) is 6.44. The number of benzene rings is 2. The van der Waals surface area contributed by atoms with Crippen LogP contribution in [-0.2, 0) is 10.8 Å². The van der Waals surface area contributed by atoms with Crippen molar-refractivity contribution in [1.82, 2.24) is 9.80 Å². The highest BCUT2D eigenvalue weighted by Crippen LogP contribution is 2.29. The van der Waals surface area contributed by atoms with Crippen LogP contribution in [0.25, 0.3) is 0 Å². The van der Waals surface area contributed by atoms with Crippen LogP contribution in [0.2, 0.25) is 0 Å². The molecule has 2 unspecified atom stereocenters. The lowest BCUT2D eigenvalue weighted by atomic mass is 10.0. The molecule has 2 aromatic carbocycles. The van der Waals surface area contributed by atoms with Gasteiger partial charge in [-0.2, -0.15) is 0 Å². The van der Waals surface area contributed by atoms with E-state index in [0.717, 1.165) is 30.8 Å². The van der Waals surface area contributed by atoms with Crippen molar-refractivity contribution in [2.75, 3.05) is 38.5 Å². The summed E-state index contributed by atoms with van der Waals surface area (Å²) in [4.78, 5) is 4.79. The van der Waals surface area contributed by atoms with Gasteiger partial charge in [-0.05, 0) is 55.2 Å². The van der Waals surface area contributed by atoms with Crippen LogP contribution >= 0.6 is 0 Å². The van der Waals surface area contributed by atoms with Crippen molar-refractivity contribution in [1.29, 1.82) is 0 Å². The molecule has 2 aromatic rings. The van der Waals surface area contributed by atoms with Crippen molar-refractivity contribution >= 4 is 10.8 Å². The molecule has 1 heterocycles. The standard InChI is InChI=1S/C25H34F2N2O2S/c1-18(17-30)14-29-19(2)15-28(16-20(29)3)12-13-32(31)25(21-4-8-23(26)9-5-21)22-6-10-24(27)11-7-22/h4-11,18-20,25,30H,12-17H2,1-3H3/t18?,19-,20+,32?. The topological polar surface area (TPSA) is 43.8 Å². The Morgan fingerprint density at radius 1 is 0.969 bits per heavy atom. The maximum atomic E-state index is 13.5. The summed E-state index contributed by atoms with van der Waals surface area (Å²) in [6.45, 7) is 9.98. The largest absolute Gasteiger partial charge is 0.396 e. The SMILES string of the molecule is CC(CO)CN1[C@H](C)CN(CCS(=O)C(c2ccc(F)cc2)c2ccc(F)cc2)C[C@@H]1C. The fourth-order valence-corrected chi connectivity index (χ4v) is 6.13. The molecule has 1 fully saturated rings. The van der Waals surface area contributed by atoms with E-state index in [1.54, 1.807) is 24.3 Å². The Kier molecular flexibility index (Phi) is 8.94. The van der Waals surface area contributed by atoms with Crippen molar-refractivity contribution in [2.45, 2.75) is 38.1 Å². The number of hydrogen-bond acceptors (Lipinski definition) is 4. The molecule has 1 aliphatic heterocycles. The molecule has 7 heteroatoms. The van der Waals surface area contributed by atoms with Crippen LogP contribution in [0.15, 0.2) is 48.5 Å². The molecule has 32 heavy (non-hydrogen) atoms. The van der Waals surface area contributed by atoms with E-state index in [0.29, 0.717) is 24.4 Å². The Hall–Kier alpha value is -1.67. The Bertz CT molecular complexity index is 821. The van der Waals surface area contributed by atoms with Gasteiger partial charge in [0.1, 0.15) is 11.6 Å². The summed E-state index contributed by atoms with van der Waals surface area (Å²) < 4.78 is 40.3. The highest BCUT2D eigenvalue weighted by atomic mass is 32.2. The summed E-state index contributed by atoms with van der Waals surface area (Å²) in [7, 11) is -1.25. The lowest BCUT2D eigenvalue weighted by Gasteiger charge is -2.45. The van der Waals surface area contributed by atoms with E-state index < -0.39 is 16.0 Å². The van der Waals surface area contributed by atoms with Crippen LogP contribution in [0.5, 0.6) is 0 Å². The first kappa shape index (κ1) is 25.0. The molecule has 0 saturated carbocycles. The fraction of sp³-hybridized carbons (Fsp3) is 0.520. The van der Waals surface area contributed by atoms with Crippen molar-refractivity contribution in [3.8, 4) is 0 Å². The van der Waals surface area contributed by atoms with Crippen LogP contribution in [0, 0.1) is 17.6 Å². The summed E-state index contributed by atoms with van der Waals surface area (Å²) in [5.74, 6) is 0.0416. The Morgan fingerprint density at radius 2 is 1.44 bits per heavy atom. The average molecular weight is 465 g/mol. The molecule has 0 spiro atoms. The predicted octanol–water partition coefficient (Wildman–Crippen LogP) is 3.83. The van der Waals surface area contributed by atoms with Gasteiger partial charge in [-0.25, -0.2) is 8.78 Å². The number of aliphatic hydroxyl groups is 1. The van der Waals surface area contributed by atoms with Crippen LogP contribution in [0.4, 0.5) is 8.78 Å². The molecule has 0 amide bonds. The first-order chi connectivity index (χ1) is 15.3. The van der Waals surface area contributed by atoms with Crippen LogP contribution in [0.3, 0.4) is 0 Å². The number of piperazine rings is 1. The van der Waals surface area contributed by atoms with Gasteiger partial charge >= 0.3 is 0 Å². The van der Waals surface area contributed by atoms with E-state index in [1.165, 1.54) is 24.3 Å². The van der Waals surface area contributed by atoms with Gasteiger partial charge < -0.3 is 5.11 Å². The number of nitrogens with zero attached hydrogens (tertiary/aromatic N) is 2. The number of aliphatic hydroxyl groups excluding tert-OH is 1. The molecule has 1 aliphatic rings. The first-order valence-electron chi connectivity index (χ1n) is 11.3. The van der Waals surface area contributed by atoms with Crippen LogP contribution in [-0.4, -0.2) is 69.7 Å². The third-order valence-corrected chi connectivity index (χ3v) is 7.88. The molecule has 176 valence electrons. The van der Waals surface area contributed by atoms with Crippen molar-refractivity contribution in [3.05, 3.63) is 71.3 Å². The second-order valence-corrected chi connectivity index (χ2v) is 10.7. The molecule has 4 atom stereocenters. The highest BCUT2D eigenvalue weighted by molar-refractivity contribution is 7.85. The van der Waals surface area contributed by atoms with Gasteiger partial charge in [0.25, 0.3) is 0 Å². The summed E-state index contributed by atoms with van der Waals surface area (Å²) in [6.07, 6.45) is 0. The Balaban J connectivity index is 1.68. The minimum Gasteiger partial charge on any atom is -0.396 e. The molecule has 1 N–H and O–H groups in total. The third-order valence-electron chi connectivity index (χ3n) is 6.23. The minimum absolute atomic E-state index is 0.187. The van der Waals surface area contributed by atoms with Crippen LogP contribution < -0.4 is 0 Å². The van der Waals surface area contributed by atoms with Crippen molar-refractivity contribution in [3.63, 3.8) is 0 Å². The Morgan fingerprint density at radius 3 is 1.88 bits per heavy atom. The average Bonchev–Trinajstić information content (AvgIpc) is 2.77. The molecule has 0 radical (unpaired) electrons. The van der Waals surface area contributed by atoms with E-state index >= 15 is 0 Å². The van der Waals surface area contributed by atoms with E-state index in [4.69, 9.17) is 0 Å². The fourth-order valence-electron chi connectivity index (χ4n) is 4.53.